The van der Waals surface area contributed by atoms with E-state index in [0.717, 1.165) is 6.41 Å². The molecule has 7 heteroatoms. The van der Waals surface area contributed by atoms with E-state index in [1.165, 1.54) is 0 Å². The maximum atomic E-state index is 12.9. The van der Waals surface area contributed by atoms with Gasteiger partial charge in [0.25, 0.3) is 0 Å². The van der Waals surface area contributed by atoms with Crippen molar-refractivity contribution in [2.75, 3.05) is 31.5 Å². The summed E-state index contributed by atoms with van der Waals surface area (Å²) in [6.45, 7) is 5.81. The Kier molecular flexibility index (Phi) is 5.15. The summed E-state index contributed by atoms with van der Waals surface area (Å²) in [5.74, 6) is 0.182. The fraction of sp³-hybridized carbons (Fsp3) is 0.526. The molecule has 1 heterocycles. The SMILES string of the molecule is CC(C)Oc1ccccc1NC(=O)C1(C(=O)N2CCN(C=O)CC2)CC1. The Bertz CT molecular complexity index is 692. The third-order valence-corrected chi connectivity index (χ3v) is 4.84. The van der Waals surface area contributed by atoms with E-state index in [-0.39, 0.29) is 17.9 Å². The van der Waals surface area contributed by atoms with Gasteiger partial charge in [-0.15, -0.1) is 0 Å². The molecule has 1 aliphatic carbocycles. The van der Waals surface area contributed by atoms with Crippen LogP contribution in [0.25, 0.3) is 0 Å². The lowest BCUT2D eigenvalue weighted by Gasteiger charge is -2.34. The maximum absolute atomic E-state index is 12.9. The number of nitrogens with one attached hydrogen (secondary N) is 1. The van der Waals surface area contributed by atoms with Crippen LogP contribution in [-0.2, 0) is 14.4 Å². The average molecular weight is 359 g/mol. The van der Waals surface area contributed by atoms with E-state index in [9.17, 15) is 14.4 Å². The van der Waals surface area contributed by atoms with Crippen molar-refractivity contribution in [3.63, 3.8) is 0 Å². The number of para-hydroxylation sites is 2. The summed E-state index contributed by atoms with van der Waals surface area (Å²) in [5.41, 5.74) is -0.398. The summed E-state index contributed by atoms with van der Waals surface area (Å²) in [6.07, 6.45) is 1.89. The number of benzene rings is 1. The summed E-state index contributed by atoms with van der Waals surface area (Å²) < 4.78 is 5.73. The Balaban J connectivity index is 1.68. The first-order valence-corrected chi connectivity index (χ1v) is 9.02. The molecule has 0 aromatic heterocycles. The van der Waals surface area contributed by atoms with Crippen molar-refractivity contribution in [3.8, 4) is 5.75 Å². The van der Waals surface area contributed by atoms with Gasteiger partial charge in [0.05, 0.1) is 11.8 Å². The molecule has 0 atom stereocenters. The Labute approximate surface area is 153 Å². The number of nitrogens with zero attached hydrogens (tertiary/aromatic N) is 2. The van der Waals surface area contributed by atoms with Gasteiger partial charge in [-0.05, 0) is 38.8 Å². The second-order valence-electron chi connectivity index (χ2n) is 7.13. The molecular formula is C19H25N3O4. The lowest BCUT2D eigenvalue weighted by molar-refractivity contribution is -0.144. The fourth-order valence-corrected chi connectivity index (χ4v) is 3.16. The molecule has 0 radical (unpaired) electrons. The van der Waals surface area contributed by atoms with Gasteiger partial charge in [-0.25, -0.2) is 0 Å². The van der Waals surface area contributed by atoms with Gasteiger partial charge in [0, 0.05) is 26.2 Å². The number of hydrogen-bond donors (Lipinski definition) is 1. The summed E-state index contributed by atoms with van der Waals surface area (Å²) >= 11 is 0. The van der Waals surface area contributed by atoms with Crippen LogP contribution in [0.4, 0.5) is 5.69 Å². The molecule has 140 valence electrons. The zero-order valence-corrected chi connectivity index (χ0v) is 15.2. The van der Waals surface area contributed by atoms with Gasteiger partial charge >= 0.3 is 0 Å². The monoisotopic (exact) mass is 359 g/mol. The first-order chi connectivity index (χ1) is 12.5. The number of carbonyl (C=O) groups is 3. The molecule has 0 bridgehead atoms. The molecule has 3 amide bonds. The molecule has 7 nitrogen and oxygen atoms in total. The summed E-state index contributed by atoms with van der Waals surface area (Å²) in [4.78, 5) is 39.9. The van der Waals surface area contributed by atoms with Crippen LogP contribution < -0.4 is 10.1 Å². The van der Waals surface area contributed by atoms with Gasteiger partial charge in [0.15, 0.2) is 0 Å². The highest BCUT2D eigenvalue weighted by molar-refractivity contribution is 6.13. The van der Waals surface area contributed by atoms with Crippen LogP contribution in [0.2, 0.25) is 0 Å². The molecule has 1 saturated heterocycles. The van der Waals surface area contributed by atoms with Gasteiger partial charge in [0.2, 0.25) is 18.2 Å². The van der Waals surface area contributed by atoms with Crippen LogP contribution in [0.1, 0.15) is 26.7 Å². The lowest BCUT2D eigenvalue weighted by atomic mass is 10.0. The number of ether oxygens (including phenoxy) is 1. The van der Waals surface area contributed by atoms with E-state index in [2.05, 4.69) is 5.32 Å². The Morgan fingerprint density at radius 1 is 1.15 bits per heavy atom. The molecular weight excluding hydrogens is 334 g/mol. The lowest BCUT2D eigenvalue weighted by Crippen LogP contribution is -2.52. The molecule has 0 unspecified atom stereocenters. The van der Waals surface area contributed by atoms with Crippen molar-refractivity contribution in [2.24, 2.45) is 5.41 Å². The number of piperazine rings is 1. The van der Waals surface area contributed by atoms with Crippen molar-refractivity contribution in [1.82, 2.24) is 9.80 Å². The zero-order valence-electron chi connectivity index (χ0n) is 15.2. The van der Waals surface area contributed by atoms with E-state index in [4.69, 9.17) is 4.74 Å². The minimum absolute atomic E-state index is 0.0151. The number of hydrogen-bond acceptors (Lipinski definition) is 4. The fourth-order valence-electron chi connectivity index (χ4n) is 3.16. The third-order valence-electron chi connectivity index (χ3n) is 4.84. The van der Waals surface area contributed by atoms with Crippen molar-refractivity contribution in [2.45, 2.75) is 32.8 Å². The van der Waals surface area contributed by atoms with Gasteiger partial charge in [0.1, 0.15) is 11.2 Å². The zero-order chi connectivity index (χ0) is 18.7. The molecule has 1 aliphatic heterocycles. The topological polar surface area (TPSA) is 79.0 Å². The molecule has 3 rings (SSSR count). The van der Waals surface area contributed by atoms with Crippen molar-refractivity contribution in [1.29, 1.82) is 0 Å². The third kappa shape index (κ3) is 3.66. The van der Waals surface area contributed by atoms with Crippen LogP contribution in [0.5, 0.6) is 5.75 Å². The van der Waals surface area contributed by atoms with Gasteiger partial charge in [-0.1, -0.05) is 12.1 Å². The summed E-state index contributed by atoms with van der Waals surface area (Å²) in [7, 11) is 0. The predicted molar refractivity (Wildman–Crippen MR) is 96.7 cm³/mol. The Hall–Kier alpha value is -2.57. The summed E-state index contributed by atoms with van der Waals surface area (Å²) in [5, 5.41) is 2.88. The molecule has 26 heavy (non-hydrogen) atoms. The number of rotatable bonds is 6. The minimum atomic E-state index is -0.978. The Morgan fingerprint density at radius 2 is 1.81 bits per heavy atom. The van der Waals surface area contributed by atoms with Gasteiger partial charge in [-0.3, -0.25) is 14.4 Å². The minimum Gasteiger partial charge on any atom is -0.489 e. The van der Waals surface area contributed by atoms with Crippen LogP contribution in [0.3, 0.4) is 0 Å². The molecule has 2 fully saturated rings. The quantitative estimate of drug-likeness (QED) is 0.617. The molecule has 1 saturated carbocycles. The molecule has 1 N–H and O–H groups in total. The first-order valence-electron chi connectivity index (χ1n) is 9.02. The number of carbonyl (C=O) groups excluding carboxylic acids is 3. The van der Waals surface area contributed by atoms with E-state index in [0.29, 0.717) is 50.5 Å². The standard InChI is InChI=1S/C19H25N3O4/c1-14(2)26-16-6-4-3-5-15(16)20-17(24)19(7-8-19)18(25)22-11-9-21(13-23)10-12-22/h3-6,13-14H,7-12H2,1-2H3,(H,20,24). The summed E-state index contributed by atoms with van der Waals surface area (Å²) in [6, 6.07) is 7.25. The molecule has 0 spiro atoms. The molecule has 1 aromatic rings. The van der Waals surface area contributed by atoms with Crippen LogP contribution in [0.15, 0.2) is 24.3 Å². The Morgan fingerprint density at radius 3 is 2.38 bits per heavy atom. The number of anilines is 1. The molecule has 1 aromatic carbocycles. The second kappa shape index (κ2) is 7.35. The van der Waals surface area contributed by atoms with Crippen LogP contribution in [-0.4, -0.2) is 60.3 Å². The van der Waals surface area contributed by atoms with E-state index in [1.807, 2.05) is 26.0 Å². The number of amides is 3. The smallest absolute Gasteiger partial charge is 0.240 e. The highest BCUT2D eigenvalue weighted by Gasteiger charge is 2.58. The van der Waals surface area contributed by atoms with E-state index >= 15 is 0 Å². The second-order valence-corrected chi connectivity index (χ2v) is 7.13. The van der Waals surface area contributed by atoms with Crippen molar-refractivity contribution < 1.29 is 19.1 Å². The van der Waals surface area contributed by atoms with Crippen LogP contribution in [0, 0.1) is 5.41 Å². The van der Waals surface area contributed by atoms with Crippen molar-refractivity contribution >= 4 is 23.9 Å². The highest BCUT2D eigenvalue weighted by Crippen LogP contribution is 2.48. The maximum Gasteiger partial charge on any atom is 0.240 e. The van der Waals surface area contributed by atoms with Gasteiger partial charge < -0.3 is 19.9 Å². The van der Waals surface area contributed by atoms with Crippen molar-refractivity contribution in [3.05, 3.63) is 24.3 Å². The predicted octanol–water partition coefficient (Wildman–Crippen LogP) is 1.49. The van der Waals surface area contributed by atoms with E-state index in [1.54, 1.807) is 21.9 Å². The highest BCUT2D eigenvalue weighted by atomic mass is 16.5. The van der Waals surface area contributed by atoms with E-state index < -0.39 is 5.41 Å². The first kappa shape index (κ1) is 18.2. The average Bonchev–Trinajstić information content (AvgIpc) is 3.44. The molecule has 2 aliphatic rings. The van der Waals surface area contributed by atoms with Crippen LogP contribution >= 0.6 is 0 Å². The van der Waals surface area contributed by atoms with Gasteiger partial charge in [-0.2, -0.15) is 0 Å². The normalized spacial score (nSPS) is 18.4. The largest absolute Gasteiger partial charge is 0.489 e.